The molecule has 0 spiro atoms. The van der Waals surface area contributed by atoms with Gasteiger partial charge in [-0.2, -0.15) is 0 Å². The molecule has 1 aromatic carbocycles. The molecule has 16 heteroatoms. The molecule has 282 valence electrons. The summed E-state index contributed by atoms with van der Waals surface area (Å²) in [4.78, 5) is 47.3. The van der Waals surface area contributed by atoms with Crippen LogP contribution in [-0.2, 0) is 42.2 Å². The molecule has 2 aliphatic heterocycles. The zero-order valence-corrected chi connectivity index (χ0v) is 32.4. The quantitative estimate of drug-likeness (QED) is 0.185. The predicted octanol–water partition coefficient (Wildman–Crippen LogP) is 4.57. The van der Waals surface area contributed by atoms with Crippen LogP contribution in [0.5, 0.6) is 0 Å². The molecule has 2 saturated heterocycles. The predicted molar refractivity (Wildman–Crippen MR) is 198 cm³/mol. The third-order valence-corrected chi connectivity index (χ3v) is 11.0. The summed E-state index contributed by atoms with van der Waals surface area (Å²) in [6.45, 7) is 9.36. The number of hydrogen-bond donors (Lipinski definition) is 3. The number of amides is 3. The van der Waals surface area contributed by atoms with E-state index in [1.807, 2.05) is 45.9 Å². The van der Waals surface area contributed by atoms with Crippen LogP contribution in [0.25, 0.3) is 0 Å². The first-order valence-electron chi connectivity index (χ1n) is 17.3. The third kappa shape index (κ3) is 12.2. The van der Waals surface area contributed by atoms with Crippen LogP contribution in [0.1, 0.15) is 75.1 Å². The van der Waals surface area contributed by atoms with E-state index >= 15 is 0 Å². The lowest BCUT2D eigenvalue weighted by atomic mass is 9.90. The Hall–Kier alpha value is -3.24. The second-order valence-corrected chi connectivity index (χ2v) is 17.6. The molecule has 3 heterocycles. The van der Waals surface area contributed by atoms with Crippen LogP contribution in [0.15, 0.2) is 36.4 Å². The minimum atomic E-state index is -3.79. The maximum atomic E-state index is 14.3. The number of carbonyl (C=O) groups is 3. The standard InChI is InChI=1S/C35H51ClN6O7S2/c1-6-40(21-27-12-14-30(50-27)31(37)38)33(44)29-19-26(48-22-24-7-10-25(36)11-8-24)20-42(29)32(43)28(39-51(5,46)47)13-9-23-15-17-41(18-16-23)34(45)49-35(2,3)4/h7-8,10-12,14,23,26,28-29,39H,6,9,13,15-22H2,1-5H3,(H3,37,38)/t26-,28-,29+/m1/s1. The highest BCUT2D eigenvalue weighted by molar-refractivity contribution is 7.88. The molecule has 0 aliphatic carbocycles. The number of nitrogens with two attached hydrogens (primary N) is 1. The van der Waals surface area contributed by atoms with E-state index in [9.17, 15) is 22.8 Å². The van der Waals surface area contributed by atoms with Crippen molar-refractivity contribution in [1.29, 1.82) is 5.41 Å². The van der Waals surface area contributed by atoms with Crippen molar-refractivity contribution in [2.45, 2.75) is 96.7 Å². The summed E-state index contributed by atoms with van der Waals surface area (Å²) in [7, 11) is -3.79. The number of rotatable bonds is 14. The van der Waals surface area contributed by atoms with Crippen LogP contribution in [0, 0.1) is 11.3 Å². The Morgan fingerprint density at radius 3 is 2.37 bits per heavy atom. The van der Waals surface area contributed by atoms with Crippen LogP contribution in [-0.4, -0.2) is 103 Å². The second kappa shape index (κ2) is 17.5. The van der Waals surface area contributed by atoms with E-state index in [4.69, 9.17) is 32.2 Å². The number of likely N-dealkylation sites (N-methyl/N-ethyl adjacent to an activating group) is 1. The van der Waals surface area contributed by atoms with Crippen LogP contribution in [0.2, 0.25) is 5.02 Å². The van der Waals surface area contributed by atoms with Crippen molar-refractivity contribution in [3.8, 4) is 0 Å². The maximum absolute atomic E-state index is 14.3. The first-order chi connectivity index (χ1) is 23.9. The molecule has 2 fully saturated rings. The van der Waals surface area contributed by atoms with Crippen molar-refractivity contribution >= 4 is 56.7 Å². The Bertz CT molecular complexity index is 1640. The van der Waals surface area contributed by atoms with Gasteiger partial charge in [-0.15, -0.1) is 11.3 Å². The lowest BCUT2D eigenvalue weighted by Gasteiger charge is -2.34. The van der Waals surface area contributed by atoms with Crippen molar-refractivity contribution < 1.29 is 32.3 Å². The van der Waals surface area contributed by atoms with E-state index in [1.165, 1.54) is 16.2 Å². The zero-order valence-electron chi connectivity index (χ0n) is 30.0. The molecule has 51 heavy (non-hydrogen) atoms. The summed E-state index contributed by atoms with van der Waals surface area (Å²) in [5.74, 6) is -0.623. The lowest BCUT2D eigenvalue weighted by Crippen LogP contribution is -2.54. The molecule has 2 aromatic rings. The first-order valence-corrected chi connectivity index (χ1v) is 20.3. The fraction of sp³-hybridized carbons (Fsp3) is 0.600. The molecule has 0 bridgehead atoms. The van der Waals surface area contributed by atoms with Gasteiger partial charge >= 0.3 is 6.09 Å². The van der Waals surface area contributed by atoms with Crippen LogP contribution < -0.4 is 10.5 Å². The largest absolute Gasteiger partial charge is 0.444 e. The van der Waals surface area contributed by atoms with Gasteiger partial charge in [0.15, 0.2) is 0 Å². The highest BCUT2D eigenvalue weighted by atomic mass is 35.5. The molecule has 2 aliphatic rings. The molecule has 4 rings (SSSR count). The summed E-state index contributed by atoms with van der Waals surface area (Å²) >= 11 is 7.37. The molecule has 13 nitrogen and oxygen atoms in total. The zero-order chi connectivity index (χ0) is 37.5. The molecule has 4 N–H and O–H groups in total. The monoisotopic (exact) mass is 766 g/mol. The van der Waals surface area contributed by atoms with E-state index in [0.717, 1.165) is 16.7 Å². The minimum Gasteiger partial charge on any atom is -0.444 e. The topological polar surface area (TPSA) is 175 Å². The fourth-order valence-corrected chi connectivity index (χ4v) is 8.11. The summed E-state index contributed by atoms with van der Waals surface area (Å²) in [5.41, 5.74) is 5.95. The average Bonchev–Trinajstić information content (AvgIpc) is 3.71. The molecule has 0 saturated carbocycles. The minimum absolute atomic E-state index is 0.0492. The smallest absolute Gasteiger partial charge is 0.410 e. The molecule has 0 radical (unpaired) electrons. The summed E-state index contributed by atoms with van der Waals surface area (Å²) in [5, 5.41) is 8.33. The van der Waals surface area contributed by atoms with Crippen molar-refractivity contribution in [3.05, 3.63) is 56.7 Å². The van der Waals surface area contributed by atoms with Gasteiger partial charge in [0.05, 0.1) is 30.4 Å². The van der Waals surface area contributed by atoms with E-state index in [-0.39, 0.29) is 56.3 Å². The van der Waals surface area contributed by atoms with Gasteiger partial charge in [0.25, 0.3) is 0 Å². The van der Waals surface area contributed by atoms with Crippen LogP contribution >= 0.6 is 22.9 Å². The van der Waals surface area contributed by atoms with Gasteiger partial charge in [-0.3, -0.25) is 15.0 Å². The number of hydrogen-bond acceptors (Lipinski definition) is 9. The number of sulfonamides is 1. The summed E-state index contributed by atoms with van der Waals surface area (Å²) in [6, 6.07) is 8.85. The van der Waals surface area contributed by atoms with Gasteiger partial charge < -0.3 is 29.9 Å². The molecular weight excluding hydrogens is 716 g/mol. The second-order valence-electron chi connectivity index (χ2n) is 14.3. The first kappa shape index (κ1) is 40.5. The fourth-order valence-electron chi connectivity index (χ4n) is 6.37. The molecule has 3 amide bonds. The Morgan fingerprint density at radius 2 is 1.80 bits per heavy atom. The Kier molecular flexibility index (Phi) is 13.9. The van der Waals surface area contributed by atoms with Crippen molar-refractivity contribution in [2.75, 3.05) is 32.4 Å². The normalized spacial score (nSPS) is 19.2. The van der Waals surface area contributed by atoms with Crippen LogP contribution in [0.4, 0.5) is 4.79 Å². The number of nitrogens with one attached hydrogen (secondary N) is 2. The van der Waals surface area contributed by atoms with Crippen molar-refractivity contribution in [3.63, 3.8) is 0 Å². The number of nitrogen functional groups attached to an aromatic ring is 1. The number of ether oxygens (including phenoxy) is 2. The number of amidine groups is 1. The number of likely N-dealkylation sites (tertiary alicyclic amines) is 2. The van der Waals surface area contributed by atoms with Gasteiger partial charge in [0.2, 0.25) is 21.8 Å². The Balaban J connectivity index is 1.50. The number of benzene rings is 1. The Morgan fingerprint density at radius 1 is 1.14 bits per heavy atom. The summed E-state index contributed by atoms with van der Waals surface area (Å²) < 4.78 is 39.4. The number of piperidine rings is 1. The van der Waals surface area contributed by atoms with Gasteiger partial charge in [0.1, 0.15) is 23.5 Å². The highest BCUT2D eigenvalue weighted by Gasteiger charge is 2.44. The molecular formula is C35H51ClN6O7S2. The third-order valence-electron chi connectivity index (χ3n) is 8.98. The molecule has 1 aromatic heterocycles. The Labute approximate surface area is 310 Å². The van der Waals surface area contributed by atoms with E-state index < -0.39 is 39.7 Å². The number of thiophene rings is 1. The number of halogens is 1. The van der Waals surface area contributed by atoms with Gasteiger partial charge in [-0.05, 0) is 89.1 Å². The number of carbonyl (C=O) groups excluding carboxylic acids is 3. The number of nitrogens with zero attached hydrogens (tertiary/aromatic N) is 3. The van der Waals surface area contributed by atoms with Gasteiger partial charge in [-0.25, -0.2) is 17.9 Å². The SMILES string of the molecule is CCN(Cc1ccc(C(=N)N)s1)C(=O)[C@@H]1C[C@@H](OCc2ccc(Cl)cc2)CN1C(=O)[C@@H](CCC1CCN(C(=O)OC(C)(C)C)CC1)NS(C)(=O)=O. The van der Waals surface area contributed by atoms with Crippen molar-refractivity contribution in [1.82, 2.24) is 19.4 Å². The van der Waals surface area contributed by atoms with E-state index in [1.54, 1.807) is 28.0 Å². The van der Waals surface area contributed by atoms with Crippen LogP contribution in [0.3, 0.4) is 0 Å². The van der Waals surface area contributed by atoms with E-state index in [2.05, 4.69) is 4.72 Å². The van der Waals surface area contributed by atoms with Gasteiger partial charge in [0, 0.05) is 42.5 Å². The average molecular weight is 767 g/mol. The molecule has 3 atom stereocenters. The van der Waals surface area contributed by atoms with E-state index in [0.29, 0.717) is 48.8 Å². The lowest BCUT2D eigenvalue weighted by molar-refractivity contribution is -0.145. The summed E-state index contributed by atoms with van der Waals surface area (Å²) in [6.07, 6.45) is 2.62. The van der Waals surface area contributed by atoms with Gasteiger partial charge in [-0.1, -0.05) is 23.7 Å². The molecule has 0 unspecified atom stereocenters. The maximum Gasteiger partial charge on any atom is 0.410 e. The highest BCUT2D eigenvalue weighted by Crippen LogP contribution is 2.29. The van der Waals surface area contributed by atoms with Crippen molar-refractivity contribution in [2.24, 2.45) is 11.7 Å².